The Morgan fingerprint density at radius 3 is 2.76 bits per heavy atom. The van der Waals surface area contributed by atoms with Crippen molar-refractivity contribution < 1.29 is 0 Å². The normalized spacial score (nSPS) is 29.1. The Morgan fingerprint density at radius 1 is 1.29 bits per heavy atom. The number of hydrogen-bond acceptors (Lipinski definition) is 3. The molecule has 0 spiro atoms. The highest BCUT2D eigenvalue weighted by Gasteiger charge is 2.33. The number of thiophene rings is 1. The van der Waals surface area contributed by atoms with Crippen LogP contribution in [0, 0.1) is 11.8 Å². The van der Waals surface area contributed by atoms with E-state index in [4.69, 9.17) is 0 Å². The lowest BCUT2D eigenvalue weighted by Crippen LogP contribution is -2.59. The lowest BCUT2D eigenvalue weighted by Gasteiger charge is -2.45. The number of piperazine rings is 1. The summed E-state index contributed by atoms with van der Waals surface area (Å²) in [6, 6.07) is 3.70. The molecule has 1 aromatic rings. The Kier molecular flexibility index (Phi) is 5.36. The molecule has 3 rings (SSSR count). The highest BCUT2D eigenvalue weighted by atomic mass is 32.1. The molecule has 2 nitrogen and oxygen atoms in total. The summed E-state index contributed by atoms with van der Waals surface area (Å²) >= 11 is 1.82. The number of rotatable bonds is 4. The van der Waals surface area contributed by atoms with E-state index in [-0.39, 0.29) is 0 Å². The molecule has 21 heavy (non-hydrogen) atoms. The first kappa shape index (κ1) is 15.5. The van der Waals surface area contributed by atoms with Gasteiger partial charge in [-0.25, -0.2) is 0 Å². The van der Waals surface area contributed by atoms with Crippen molar-refractivity contribution in [3.63, 3.8) is 0 Å². The molecule has 1 aliphatic carbocycles. The van der Waals surface area contributed by atoms with Crippen LogP contribution >= 0.6 is 11.3 Å². The molecule has 0 amide bonds. The molecule has 0 aromatic carbocycles. The van der Waals surface area contributed by atoms with Gasteiger partial charge in [0.2, 0.25) is 0 Å². The van der Waals surface area contributed by atoms with Crippen LogP contribution in [0.1, 0.15) is 51.5 Å². The van der Waals surface area contributed by atoms with Crippen LogP contribution in [0.5, 0.6) is 0 Å². The summed E-state index contributed by atoms with van der Waals surface area (Å²) in [6.45, 7) is 8.28. The van der Waals surface area contributed by atoms with Gasteiger partial charge in [0.1, 0.15) is 0 Å². The van der Waals surface area contributed by atoms with Crippen molar-refractivity contribution in [2.24, 2.45) is 11.8 Å². The second-order valence-corrected chi connectivity index (χ2v) is 8.07. The summed E-state index contributed by atoms with van der Waals surface area (Å²) < 4.78 is 0. The van der Waals surface area contributed by atoms with Crippen LogP contribution < -0.4 is 5.32 Å². The molecule has 118 valence electrons. The van der Waals surface area contributed by atoms with Gasteiger partial charge in [0, 0.05) is 31.7 Å². The molecule has 1 N–H and O–H groups in total. The fourth-order valence-corrected chi connectivity index (χ4v) is 4.82. The van der Waals surface area contributed by atoms with E-state index in [2.05, 4.69) is 40.9 Å². The molecule has 2 unspecified atom stereocenters. The third-order valence-corrected chi connectivity index (χ3v) is 6.18. The number of hydrogen-bond donors (Lipinski definition) is 1. The molecule has 2 aliphatic rings. The summed E-state index contributed by atoms with van der Waals surface area (Å²) in [7, 11) is 0. The first-order valence-electron chi connectivity index (χ1n) is 8.72. The third-order valence-electron chi connectivity index (χ3n) is 5.44. The van der Waals surface area contributed by atoms with E-state index < -0.39 is 0 Å². The van der Waals surface area contributed by atoms with E-state index in [0.29, 0.717) is 6.04 Å². The van der Waals surface area contributed by atoms with Crippen molar-refractivity contribution in [2.75, 3.05) is 13.1 Å². The maximum Gasteiger partial charge on any atom is 0.0247 e. The molecule has 1 aromatic heterocycles. The highest BCUT2D eigenvalue weighted by molar-refractivity contribution is 7.07. The second-order valence-electron chi connectivity index (χ2n) is 7.29. The van der Waals surface area contributed by atoms with Gasteiger partial charge in [-0.1, -0.05) is 33.1 Å². The Bertz CT molecular complexity index is 409. The van der Waals surface area contributed by atoms with Crippen molar-refractivity contribution in [3.8, 4) is 0 Å². The van der Waals surface area contributed by atoms with Gasteiger partial charge >= 0.3 is 0 Å². The summed E-state index contributed by atoms with van der Waals surface area (Å²) in [5, 5.41) is 8.41. The van der Waals surface area contributed by atoms with Crippen LogP contribution in [-0.2, 0) is 6.54 Å². The van der Waals surface area contributed by atoms with Gasteiger partial charge in [-0.3, -0.25) is 4.90 Å². The minimum Gasteiger partial charge on any atom is -0.311 e. The van der Waals surface area contributed by atoms with E-state index in [1.165, 1.54) is 50.8 Å². The molecule has 2 heterocycles. The molecule has 2 atom stereocenters. The van der Waals surface area contributed by atoms with Crippen molar-refractivity contribution in [1.29, 1.82) is 0 Å². The maximum absolute atomic E-state index is 3.89. The summed E-state index contributed by atoms with van der Waals surface area (Å²) in [6.07, 6.45) is 7.23. The average Bonchev–Trinajstić information content (AvgIpc) is 3.01. The second kappa shape index (κ2) is 7.26. The van der Waals surface area contributed by atoms with Crippen molar-refractivity contribution >= 4 is 11.3 Å². The summed E-state index contributed by atoms with van der Waals surface area (Å²) in [5.41, 5.74) is 1.50. The predicted octanol–water partition coefficient (Wildman–Crippen LogP) is 4.13. The largest absolute Gasteiger partial charge is 0.311 e. The topological polar surface area (TPSA) is 15.3 Å². The molecular formula is C18H30N2S. The van der Waals surface area contributed by atoms with Crippen molar-refractivity contribution in [1.82, 2.24) is 10.2 Å². The van der Waals surface area contributed by atoms with Crippen LogP contribution in [0.15, 0.2) is 16.8 Å². The lowest BCUT2D eigenvalue weighted by molar-refractivity contribution is 0.0660. The first-order chi connectivity index (χ1) is 10.2. The Balaban J connectivity index is 1.65. The summed E-state index contributed by atoms with van der Waals surface area (Å²) in [4.78, 5) is 2.75. The first-order valence-corrected chi connectivity index (χ1v) is 9.67. The Hall–Kier alpha value is -0.380. The smallest absolute Gasteiger partial charge is 0.0247 e. The fourth-order valence-electron chi connectivity index (χ4n) is 4.16. The van der Waals surface area contributed by atoms with E-state index in [0.717, 1.165) is 24.4 Å². The van der Waals surface area contributed by atoms with E-state index in [1.807, 2.05) is 11.3 Å². The van der Waals surface area contributed by atoms with Gasteiger partial charge in [0.15, 0.2) is 0 Å². The molecule has 0 bridgehead atoms. The van der Waals surface area contributed by atoms with Crippen LogP contribution in [0.2, 0.25) is 0 Å². The zero-order chi connectivity index (χ0) is 14.7. The summed E-state index contributed by atoms with van der Waals surface area (Å²) in [5.74, 6) is 1.64. The van der Waals surface area contributed by atoms with Crippen LogP contribution in [0.25, 0.3) is 0 Å². The van der Waals surface area contributed by atoms with Crippen LogP contribution in [0.4, 0.5) is 0 Å². The molecule has 2 fully saturated rings. The minimum absolute atomic E-state index is 0.685. The van der Waals surface area contributed by atoms with Crippen molar-refractivity contribution in [2.45, 2.75) is 64.6 Å². The quantitative estimate of drug-likeness (QED) is 0.900. The third kappa shape index (κ3) is 3.88. The van der Waals surface area contributed by atoms with Crippen LogP contribution in [0.3, 0.4) is 0 Å². The van der Waals surface area contributed by atoms with Crippen molar-refractivity contribution in [3.05, 3.63) is 22.4 Å². The van der Waals surface area contributed by atoms with E-state index >= 15 is 0 Å². The Morgan fingerprint density at radius 2 is 2.10 bits per heavy atom. The minimum atomic E-state index is 0.685. The van der Waals surface area contributed by atoms with E-state index in [9.17, 15) is 0 Å². The highest BCUT2D eigenvalue weighted by Crippen LogP contribution is 2.30. The standard InChI is InChI=1S/C18H30N2S/c1-14(2)18-10-19-17(16-6-4-3-5-7-16)12-20(18)11-15-8-9-21-13-15/h8-9,13-14,16-19H,3-7,10-12H2,1-2H3. The fraction of sp³-hybridized carbons (Fsp3) is 0.778. The van der Waals surface area contributed by atoms with Gasteiger partial charge in [-0.15, -0.1) is 0 Å². The maximum atomic E-state index is 3.89. The molecule has 1 saturated carbocycles. The van der Waals surface area contributed by atoms with Gasteiger partial charge in [0.05, 0.1) is 0 Å². The molecular weight excluding hydrogens is 276 g/mol. The van der Waals surface area contributed by atoms with Gasteiger partial charge in [-0.2, -0.15) is 11.3 Å². The number of nitrogens with zero attached hydrogens (tertiary/aromatic N) is 1. The van der Waals surface area contributed by atoms with Gasteiger partial charge in [0.25, 0.3) is 0 Å². The van der Waals surface area contributed by atoms with E-state index in [1.54, 1.807) is 0 Å². The SMILES string of the molecule is CC(C)C1CNC(C2CCCCC2)CN1Cc1ccsc1. The van der Waals surface area contributed by atoms with Crippen LogP contribution in [-0.4, -0.2) is 30.1 Å². The van der Waals surface area contributed by atoms with Gasteiger partial charge in [-0.05, 0) is 47.1 Å². The molecule has 3 heteroatoms. The number of nitrogens with one attached hydrogen (secondary N) is 1. The van der Waals surface area contributed by atoms with Gasteiger partial charge < -0.3 is 5.32 Å². The lowest BCUT2D eigenvalue weighted by atomic mass is 9.82. The monoisotopic (exact) mass is 306 g/mol. The molecule has 0 radical (unpaired) electrons. The Labute approximate surface area is 133 Å². The zero-order valence-electron chi connectivity index (χ0n) is 13.6. The molecule has 1 aliphatic heterocycles. The predicted molar refractivity (Wildman–Crippen MR) is 91.7 cm³/mol. The zero-order valence-corrected chi connectivity index (χ0v) is 14.4. The average molecular weight is 307 g/mol. The molecule has 1 saturated heterocycles.